The van der Waals surface area contributed by atoms with Gasteiger partial charge in [0.2, 0.25) is 0 Å². The van der Waals surface area contributed by atoms with Gasteiger partial charge < -0.3 is 9.90 Å². The minimum absolute atomic E-state index is 0. The first-order valence-electron chi connectivity index (χ1n) is 2.34. The maximum Gasteiger partial charge on any atom is 0.303 e. The molecule has 0 aliphatic heterocycles. The van der Waals surface area contributed by atoms with Crippen molar-refractivity contribution in [2.24, 2.45) is 0 Å². The second kappa shape index (κ2) is 5.79. The summed E-state index contributed by atoms with van der Waals surface area (Å²) in [6.45, 7) is 1.38. The zero-order valence-electron chi connectivity index (χ0n) is 5.06. The molecule has 0 amide bonds. The van der Waals surface area contributed by atoms with E-state index < -0.39 is 5.97 Å². The average molecular weight is 171 g/mol. The van der Waals surface area contributed by atoms with E-state index in [2.05, 4.69) is 0 Å². The van der Waals surface area contributed by atoms with Crippen LogP contribution in [-0.4, -0.2) is 16.9 Å². The largest absolute Gasteiger partial charge is 0.481 e. The average Bonchev–Trinajstić information content (AvgIpc) is 1.61. The molecule has 3 nitrogen and oxygen atoms in total. The first-order valence-corrected chi connectivity index (χ1v) is 2.34. The van der Waals surface area contributed by atoms with E-state index in [-0.39, 0.29) is 35.7 Å². The van der Waals surface area contributed by atoms with E-state index in [4.69, 9.17) is 5.11 Å². The van der Waals surface area contributed by atoms with Gasteiger partial charge in [-0.15, -0.1) is 0 Å². The third kappa shape index (κ3) is 11.3. The Hall–Kier alpha value is -0.341. The van der Waals surface area contributed by atoms with Gasteiger partial charge in [0.15, 0.2) is 0 Å². The number of aliphatic carboxylic acids is 1. The van der Waals surface area contributed by atoms with Gasteiger partial charge in [-0.1, -0.05) is 0 Å². The SMILES string of the molecule is CC(=O)CCC(=O)O.[Mn]. The minimum Gasteiger partial charge on any atom is -0.481 e. The quantitative estimate of drug-likeness (QED) is 0.626. The predicted molar refractivity (Wildman–Crippen MR) is 27.6 cm³/mol. The van der Waals surface area contributed by atoms with Crippen LogP contribution in [0.3, 0.4) is 0 Å². The molecule has 0 saturated carbocycles. The summed E-state index contributed by atoms with van der Waals surface area (Å²) in [5, 5.41) is 8.01. The topological polar surface area (TPSA) is 54.4 Å². The van der Waals surface area contributed by atoms with Crippen LogP contribution in [-0.2, 0) is 26.7 Å². The van der Waals surface area contributed by atoms with Gasteiger partial charge in [-0.3, -0.25) is 4.79 Å². The molecule has 0 aromatic heterocycles. The molecule has 0 unspecified atom stereocenters. The van der Waals surface area contributed by atoms with Gasteiger partial charge >= 0.3 is 5.97 Å². The van der Waals surface area contributed by atoms with Crippen molar-refractivity contribution >= 4 is 11.8 Å². The maximum atomic E-state index is 10.1. The molecule has 0 aromatic carbocycles. The van der Waals surface area contributed by atoms with Gasteiger partial charge in [-0.2, -0.15) is 0 Å². The van der Waals surface area contributed by atoms with Crippen LogP contribution >= 0.6 is 0 Å². The normalized spacial score (nSPS) is 7.67. The first-order chi connectivity index (χ1) is 3.63. The second-order valence-electron chi connectivity index (χ2n) is 1.60. The molecule has 0 rings (SSSR count). The molecule has 9 heavy (non-hydrogen) atoms. The number of carbonyl (C=O) groups excluding carboxylic acids is 1. The van der Waals surface area contributed by atoms with Crippen LogP contribution in [0.4, 0.5) is 0 Å². The van der Waals surface area contributed by atoms with Crippen LogP contribution in [0.5, 0.6) is 0 Å². The van der Waals surface area contributed by atoms with E-state index in [9.17, 15) is 9.59 Å². The number of carboxylic acid groups (broad SMARTS) is 1. The van der Waals surface area contributed by atoms with Gasteiger partial charge in [-0.05, 0) is 6.92 Å². The fourth-order valence-electron chi connectivity index (χ4n) is 0.283. The van der Waals surface area contributed by atoms with E-state index in [1.54, 1.807) is 0 Å². The molecular weight excluding hydrogens is 163 g/mol. The minimum atomic E-state index is -0.916. The molecule has 1 N–H and O–H groups in total. The van der Waals surface area contributed by atoms with Crippen molar-refractivity contribution < 1.29 is 31.8 Å². The van der Waals surface area contributed by atoms with E-state index in [1.807, 2.05) is 0 Å². The number of ketones is 1. The smallest absolute Gasteiger partial charge is 0.303 e. The zero-order valence-corrected chi connectivity index (χ0v) is 6.24. The van der Waals surface area contributed by atoms with E-state index in [0.717, 1.165) is 0 Å². The summed E-state index contributed by atoms with van der Waals surface area (Å²) in [7, 11) is 0. The molecule has 4 heteroatoms. The van der Waals surface area contributed by atoms with Crippen LogP contribution in [0.2, 0.25) is 0 Å². The van der Waals surface area contributed by atoms with E-state index in [0.29, 0.717) is 0 Å². The van der Waals surface area contributed by atoms with Crippen molar-refractivity contribution in [2.45, 2.75) is 19.8 Å². The third-order valence-corrected chi connectivity index (χ3v) is 0.691. The van der Waals surface area contributed by atoms with Crippen molar-refractivity contribution in [2.75, 3.05) is 0 Å². The van der Waals surface area contributed by atoms with Crippen molar-refractivity contribution in [3.63, 3.8) is 0 Å². The Bertz CT molecular complexity index is 96.8. The number of carboxylic acids is 1. The van der Waals surface area contributed by atoms with E-state index in [1.165, 1.54) is 6.92 Å². The number of hydrogen-bond acceptors (Lipinski definition) is 2. The summed E-state index contributed by atoms with van der Waals surface area (Å²) >= 11 is 0. The van der Waals surface area contributed by atoms with Gasteiger partial charge in [-0.25, -0.2) is 0 Å². The summed E-state index contributed by atoms with van der Waals surface area (Å²) in [5.74, 6) is -0.993. The van der Waals surface area contributed by atoms with Gasteiger partial charge in [0.1, 0.15) is 5.78 Å². The number of hydrogen-bond donors (Lipinski definition) is 1. The molecule has 0 saturated heterocycles. The predicted octanol–water partition coefficient (Wildman–Crippen LogP) is 0.438. The summed E-state index contributed by atoms with van der Waals surface area (Å²) in [4.78, 5) is 19.8. The Morgan fingerprint density at radius 1 is 1.33 bits per heavy atom. The summed E-state index contributed by atoms with van der Waals surface area (Å²) < 4.78 is 0. The van der Waals surface area contributed by atoms with Crippen molar-refractivity contribution in [1.82, 2.24) is 0 Å². The van der Waals surface area contributed by atoms with Gasteiger partial charge in [0.25, 0.3) is 0 Å². The second-order valence-corrected chi connectivity index (χ2v) is 1.60. The number of rotatable bonds is 3. The van der Waals surface area contributed by atoms with E-state index >= 15 is 0 Å². The molecule has 53 valence electrons. The Morgan fingerprint density at radius 3 is 1.89 bits per heavy atom. The first kappa shape index (κ1) is 11.5. The molecule has 0 aliphatic rings. The van der Waals surface area contributed by atoms with Crippen LogP contribution in [0.1, 0.15) is 19.8 Å². The molecule has 0 aliphatic carbocycles. The Kier molecular flexibility index (Phi) is 7.37. The summed E-state index contributed by atoms with van der Waals surface area (Å²) in [6, 6.07) is 0. The van der Waals surface area contributed by atoms with Crippen molar-refractivity contribution in [1.29, 1.82) is 0 Å². The van der Waals surface area contributed by atoms with Gasteiger partial charge in [0.05, 0.1) is 6.42 Å². The zero-order chi connectivity index (χ0) is 6.57. The molecule has 0 bridgehead atoms. The van der Waals surface area contributed by atoms with Crippen LogP contribution in [0.25, 0.3) is 0 Å². The molecule has 0 aromatic rings. The number of Topliss-reactive ketones (excluding diaryl/α,β-unsaturated/α-hetero) is 1. The summed E-state index contributed by atoms with van der Waals surface area (Å²) in [6.07, 6.45) is 0.102. The van der Waals surface area contributed by atoms with Crippen LogP contribution in [0, 0.1) is 0 Å². The fraction of sp³-hybridized carbons (Fsp3) is 0.600. The standard InChI is InChI=1S/C5H8O3.Mn/c1-4(6)2-3-5(7)8;/h2-3H2,1H3,(H,7,8);. The van der Waals surface area contributed by atoms with Gasteiger partial charge in [0, 0.05) is 23.5 Å². The van der Waals surface area contributed by atoms with Crippen LogP contribution in [0.15, 0.2) is 0 Å². The van der Waals surface area contributed by atoms with Crippen molar-refractivity contribution in [3.05, 3.63) is 0 Å². The fourth-order valence-corrected chi connectivity index (χ4v) is 0.283. The molecule has 0 heterocycles. The molecule has 1 radical (unpaired) electrons. The van der Waals surface area contributed by atoms with Crippen LogP contribution < -0.4 is 0 Å². The number of carbonyl (C=O) groups is 2. The Labute approximate surface area is 63.9 Å². The maximum absolute atomic E-state index is 10.1. The molecule has 0 spiro atoms. The molecule has 0 atom stereocenters. The Balaban J connectivity index is 0. The third-order valence-electron chi connectivity index (χ3n) is 0.691. The Morgan fingerprint density at radius 2 is 1.78 bits per heavy atom. The monoisotopic (exact) mass is 171 g/mol. The molecule has 0 fully saturated rings. The summed E-state index contributed by atoms with van der Waals surface area (Å²) in [5.41, 5.74) is 0. The van der Waals surface area contributed by atoms with Crippen molar-refractivity contribution in [3.8, 4) is 0 Å². The molecular formula is C5H8MnO3.